The molecule has 4 nitrogen and oxygen atoms in total. The molecule has 1 amide bonds. The summed E-state index contributed by atoms with van der Waals surface area (Å²) in [4.78, 5) is 18.0. The largest absolute Gasteiger partial charge is 0.377 e. The minimum Gasteiger partial charge on any atom is -0.377 e. The monoisotopic (exact) mass is 317 g/mol. The van der Waals surface area contributed by atoms with Crippen LogP contribution in [0.1, 0.15) is 0 Å². The smallest absolute Gasteiger partial charge is 0.247 e. The van der Waals surface area contributed by atoms with E-state index >= 15 is 0 Å². The third kappa shape index (κ3) is 3.13. The Hall–Kier alpha value is -3.14. The highest BCUT2D eigenvalue weighted by Gasteiger charge is 2.07. The van der Waals surface area contributed by atoms with Crippen LogP contribution in [0.2, 0.25) is 0 Å². The van der Waals surface area contributed by atoms with Crippen LogP contribution in [0.3, 0.4) is 0 Å². The third-order valence-corrected chi connectivity index (χ3v) is 3.85. The Kier molecular flexibility index (Phi) is 4.29. The fourth-order valence-corrected chi connectivity index (χ4v) is 2.67. The first-order valence-electron chi connectivity index (χ1n) is 7.68. The molecule has 0 bridgehead atoms. The lowest BCUT2D eigenvalue weighted by atomic mass is 10.0. The molecule has 0 saturated carbocycles. The fourth-order valence-electron chi connectivity index (χ4n) is 2.67. The highest BCUT2D eigenvalue weighted by atomic mass is 16.1. The molecule has 0 fully saturated rings. The first-order chi connectivity index (χ1) is 11.6. The lowest BCUT2D eigenvalue weighted by Gasteiger charge is -2.15. The number of nitrogens with one attached hydrogen (secondary N) is 1. The van der Waals surface area contributed by atoms with Crippen molar-refractivity contribution in [3.8, 4) is 11.1 Å². The number of anilines is 2. The third-order valence-electron chi connectivity index (χ3n) is 3.85. The normalized spacial score (nSPS) is 10.4. The molecule has 0 spiro atoms. The number of hydrogen-bond donors (Lipinski definition) is 1. The van der Waals surface area contributed by atoms with E-state index in [4.69, 9.17) is 0 Å². The van der Waals surface area contributed by atoms with Crippen molar-refractivity contribution in [2.75, 3.05) is 24.3 Å². The summed E-state index contributed by atoms with van der Waals surface area (Å²) < 4.78 is 0. The van der Waals surface area contributed by atoms with Crippen molar-refractivity contribution in [2.45, 2.75) is 0 Å². The molecule has 0 aliphatic carbocycles. The molecular weight excluding hydrogens is 298 g/mol. The SMILES string of the molecule is C=CC(=O)Nc1cccc(-c2ccc3nccc(N(C)C)c3c2)c1. The molecular formula is C20H19N3O. The lowest BCUT2D eigenvalue weighted by molar-refractivity contribution is -0.111. The molecule has 2 aromatic carbocycles. The number of rotatable bonds is 4. The quantitative estimate of drug-likeness (QED) is 0.737. The van der Waals surface area contributed by atoms with Gasteiger partial charge in [-0.15, -0.1) is 0 Å². The van der Waals surface area contributed by atoms with Crippen LogP contribution >= 0.6 is 0 Å². The molecule has 24 heavy (non-hydrogen) atoms. The molecule has 1 aromatic heterocycles. The summed E-state index contributed by atoms with van der Waals surface area (Å²) in [5, 5.41) is 3.89. The number of nitrogens with zero attached hydrogens (tertiary/aromatic N) is 2. The Bertz CT molecular complexity index is 916. The second-order valence-electron chi connectivity index (χ2n) is 5.73. The number of hydrogen-bond acceptors (Lipinski definition) is 3. The summed E-state index contributed by atoms with van der Waals surface area (Å²) in [6, 6.07) is 16.0. The van der Waals surface area contributed by atoms with E-state index in [0.29, 0.717) is 0 Å². The van der Waals surface area contributed by atoms with Crippen LogP contribution in [-0.4, -0.2) is 25.0 Å². The van der Waals surface area contributed by atoms with Gasteiger partial charge < -0.3 is 10.2 Å². The summed E-state index contributed by atoms with van der Waals surface area (Å²) in [6.07, 6.45) is 3.08. The van der Waals surface area contributed by atoms with Crippen LogP contribution in [0, 0.1) is 0 Å². The van der Waals surface area contributed by atoms with Gasteiger partial charge in [0, 0.05) is 37.1 Å². The van der Waals surface area contributed by atoms with Crippen molar-refractivity contribution in [3.05, 3.63) is 67.4 Å². The van der Waals surface area contributed by atoms with Gasteiger partial charge >= 0.3 is 0 Å². The van der Waals surface area contributed by atoms with Crippen molar-refractivity contribution >= 4 is 28.2 Å². The fraction of sp³-hybridized carbons (Fsp3) is 0.100. The van der Waals surface area contributed by atoms with Crippen LogP contribution in [-0.2, 0) is 4.79 Å². The van der Waals surface area contributed by atoms with Crippen molar-refractivity contribution in [2.24, 2.45) is 0 Å². The van der Waals surface area contributed by atoms with Crippen LogP contribution in [0.25, 0.3) is 22.0 Å². The van der Waals surface area contributed by atoms with E-state index in [0.717, 1.165) is 33.4 Å². The van der Waals surface area contributed by atoms with Crippen molar-refractivity contribution in [1.29, 1.82) is 0 Å². The highest BCUT2D eigenvalue weighted by Crippen LogP contribution is 2.30. The minimum absolute atomic E-state index is 0.218. The molecule has 4 heteroatoms. The van der Waals surface area contributed by atoms with E-state index in [1.54, 1.807) is 0 Å². The van der Waals surface area contributed by atoms with Gasteiger partial charge in [-0.2, -0.15) is 0 Å². The molecule has 3 rings (SSSR count). The molecule has 0 radical (unpaired) electrons. The molecule has 1 heterocycles. The van der Waals surface area contributed by atoms with Gasteiger partial charge in [0.15, 0.2) is 0 Å². The van der Waals surface area contributed by atoms with Gasteiger partial charge in [0.05, 0.1) is 5.52 Å². The van der Waals surface area contributed by atoms with E-state index in [-0.39, 0.29) is 5.91 Å². The maximum Gasteiger partial charge on any atom is 0.247 e. The summed E-state index contributed by atoms with van der Waals surface area (Å²) in [7, 11) is 4.04. The highest BCUT2D eigenvalue weighted by molar-refractivity contribution is 5.99. The maximum absolute atomic E-state index is 11.5. The molecule has 0 saturated heterocycles. The summed E-state index contributed by atoms with van der Waals surface area (Å²) >= 11 is 0. The first kappa shape index (κ1) is 15.7. The molecule has 1 N–H and O–H groups in total. The molecule has 120 valence electrons. The number of carbonyl (C=O) groups excluding carboxylic acids is 1. The standard InChI is InChI=1S/C20H19N3O/c1-4-20(24)22-16-7-5-6-14(12-16)15-8-9-18-17(13-15)19(23(2)3)10-11-21-18/h4-13H,1H2,2-3H3,(H,22,24). The van der Waals surface area contributed by atoms with Gasteiger partial charge in [0.25, 0.3) is 0 Å². The zero-order chi connectivity index (χ0) is 17.1. The predicted molar refractivity (Wildman–Crippen MR) is 100 cm³/mol. The van der Waals surface area contributed by atoms with Crippen LogP contribution in [0.4, 0.5) is 11.4 Å². The Labute approximate surface area is 141 Å². The maximum atomic E-state index is 11.5. The van der Waals surface area contributed by atoms with Crippen LogP contribution in [0.15, 0.2) is 67.4 Å². The van der Waals surface area contributed by atoms with Crippen LogP contribution in [0.5, 0.6) is 0 Å². The predicted octanol–water partition coefficient (Wildman–Crippen LogP) is 4.09. The van der Waals surface area contributed by atoms with Gasteiger partial charge in [-0.1, -0.05) is 24.8 Å². The van der Waals surface area contributed by atoms with Crippen molar-refractivity contribution in [1.82, 2.24) is 4.98 Å². The van der Waals surface area contributed by atoms with Gasteiger partial charge in [-0.25, -0.2) is 0 Å². The molecule has 0 unspecified atom stereocenters. The Balaban J connectivity index is 2.06. The number of pyridine rings is 1. The van der Waals surface area contributed by atoms with E-state index in [9.17, 15) is 4.79 Å². The zero-order valence-electron chi connectivity index (χ0n) is 13.8. The topological polar surface area (TPSA) is 45.2 Å². The average Bonchev–Trinajstić information content (AvgIpc) is 2.60. The molecule has 0 atom stereocenters. The van der Waals surface area contributed by atoms with E-state index < -0.39 is 0 Å². The molecule has 0 aliphatic rings. The summed E-state index contributed by atoms with van der Waals surface area (Å²) in [6.45, 7) is 3.47. The second kappa shape index (κ2) is 6.54. The number of carbonyl (C=O) groups is 1. The summed E-state index contributed by atoms with van der Waals surface area (Å²) in [5.74, 6) is -0.218. The first-order valence-corrected chi connectivity index (χ1v) is 7.68. The number of aromatic nitrogens is 1. The number of fused-ring (bicyclic) bond motifs is 1. The Morgan fingerprint density at radius 1 is 1.12 bits per heavy atom. The Morgan fingerprint density at radius 3 is 2.67 bits per heavy atom. The van der Waals surface area contributed by atoms with Gasteiger partial charge in [-0.3, -0.25) is 9.78 Å². The van der Waals surface area contributed by atoms with Gasteiger partial charge in [0.1, 0.15) is 0 Å². The summed E-state index contributed by atoms with van der Waals surface area (Å²) in [5.41, 5.74) is 4.94. The van der Waals surface area contributed by atoms with E-state index in [1.807, 2.05) is 62.8 Å². The number of benzene rings is 2. The van der Waals surface area contributed by atoms with Crippen LogP contribution < -0.4 is 10.2 Å². The zero-order valence-corrected chi connectivity index (χ0v) is 13.8. The van der Waals surface area contributed by atoms with Gasteiger partial charge in [-0.05, 0) is 47.5 Å². The molecule has 0 aliphatic heterocycles. The lowest BCUT2D eigenvalue weighted by Crippen LogP contribution is -2.09. The second-order valence-corrected chi connectivity index (χ2v) is 5.73. The average molecular weight is 317 g/mol. The Morgan fingerprint density at radius 2 is 1.92 bits per heavy atom. The van der Waals surface area contributed by atoms with Gasteiger partial charge in [0.2, 0.25) is 5.91 Å². The van der Waals surface area contributed by atoms with Crippen molar-refractivity contribution in [3.63, 3.8) is 0 Å². The van der Waals surface area contributed by atoms with E-state index in [2.05, 4.69) is 27.8 Å². The number of amides is 1. The molecule has 3 aromatic rings. The minimum atomic E-state index is -0.218. The van der Waals surface area contributed by atoms with Crippen molar-refractivity contribution < 1.29 is 4.79 Å². The van der Waals surface area contributed by atoms with E-state index in [1.165, 1.54) is 6.08 Å².